The van der Waals surface area contributed by atoms with E-state index in [2.05, 4.69) is 5.32 Å². The fourth-order valence-electron chi connectivity index (χ4n) is 5.88. The third kappa shape index (κ3) is 9.76. The van der Waals surface area contributed by atoms with Crippen LogP contribution in [0.4, 0.5) is 4.79 Å². The second-order valence-corrected chi connectivity index (χ2v) is 12.6. The van der Waals surface area contributed by atoms with Gasteiger partial charge >= 0.3 is 18.0 Å². The van der Waals surface area contributed by atoms with Gasteiger partial charge in [0.25, 0.3) is 0 Å². The van der Waals surface area contributed by atoms with Crippen molar-refractivity contribution in [3.8, 4) is 0 Å². The molecule has 248 valence electrons. The van der Waals surface area contributed by atoms with Crippen LogP contribution in [0, 0.1) is 17.8 Å². The summed E-state index contributed by atoms with van der Waals surface area (Å²) in [5.74, 6) is -3.89. The van der Waals surface area contributed by atoms with Gasteiger partial charge in [-0.1, -0.05) is 52.0 Å². The van der Waals surface area contributed by atoms with Crippen molar-refractivity contribution in [1.29, 1.82) is 0 Å². The Bertz CT molecular complexity index is 1250. The number of amides is 3. The number of methoxy groups -OCH3 is 1. The van der Waals surface area contributed by atoms with E-state index in [1.54, 1.807) is 18.7 Å². The molecule has 12 heteroatoms. The van der Waals surface area contributed by atoms with E-state index in [-0.39, 0.29) is 49.8 Å². The number of carbonyl (C=O) groups excluding carboxylic acids is 5. The standard InChI is InChI=1S/C33H47N3O9/c1-20(2)26(16-24(37)12-8-9-13-28(38)39)30(40)34-29(21(3)4)31(41)36-19-25(17-27(36)32(42)44-5)45-33(43)35-15-14-22-10-6-7-11-23(22)18-35/h6-7,10-11,20-21,25-27,29H,8-9,12-19H2,1-5H3,(H,34,40)(H,38,39)/t25?,26-,27-,29-/m0/s1. The lowest BCUT2D eigenvalue weighted by Gasteiger charge is -2.31. The maximum Gasteiger partial charge on any atom is 0.410 e. The summed E-state index contributed by atoms with van der Waals surface area (Å²) in [5.41, 5.74) is 2.23. The Labute approximate surface area is 264 Å². The monoisotopic (exact) mass is 629 g/mol. The molecule has 2 aliphatic heterocycles. The fraction of sp³-hybridized carbons (Fsp3) is 0.636. The van der Waals surface area contributed by atoms with Crippen LogP contribution in [0.15, 0.2) is 24.3 Å². The van der Waals surface area contributed by atoms with Crippen LogP contribution in [0.2, 0.25) is 0 Å². The van der Waals surface area contributed by atoms with Crippen LogP contribution in [-0.2, 0) is 46.4 Å². The number of Topliss-reactive ketones (excluding diaryl/α,β-unsaturated/α-hetero) is 1. The van der Waals surface area contributed by atoms with Gasteiger partial charge in [0, 0.05) is 44.7 Å². The van der Waals surface area contributed by atoms with Crippen molar-refractivity contribution in [1.82, 2.24) is 15.1 Å². The summed E-state index contributed by atoms with van der Waals surface area (Å²) in [6.07, 6.45) is 0.441. The Morgan fingerprint density at radius 1 is 0.978 bits per heavy atom. The zero-order valence-electron chi connectivity index (χ0n) is 27.0. The quantitative estimate of drug-likeness (QED) is 0.232. The number of aliphatic carboxylic acids is 1. The maximum absolute atomic E-state index is 13.9. The van der Waals surface area contributed by atoms with Gasteiger partial charge in [-0.25, -0.2) is 9.59 Å². The average molecular weight is 630 g/mol. The number of carboxylic acids is 1. The number of ketones is 1. The second-order valence-electron chi connectivity index (χ2n) is 12.6. The maximum atomic E-state index is 13.9. The van der Waals surface area contributed by atoms with E-state index in [0.29, 0.717) is 32.4 Å². The Balaban J connectivity index is 1.66. The molecule has 0 bridgehead atoms. The highest BCUT2D eigenvalue weighted by atomic mass is 16.6. The Kier molecular flexibility index (Phi) is 12.9. The van der Waals surface area contributed by atoms with E-state index >= 15 is 0 Å². The smallest absolute Gasteiger partial charge is 0.410 e. The minimum Gasteiger partial charge on any atom is -0.481 e. The molecule has 0 saturated carbocycles. The van der Waals surface area contributed by atoms with Gasteiger partial charge in [0.2, 0.25) is 11.8 Å². The molecule has 2 N–H and O–H groups in total. The molecule has 0 spiro atoms. The van der Waals surface area contributed by atoms with Gasteiger partial charge in [0.05, 0.1) is 13.7 Å². The minimum absolute atomic E-state index is 0.0184. The number of rotatable bonds is 14. The molecule has 1 saturated heterocycles. The van der Waals surface area contributed by atoms with Crippen LogP contribution < -0.4 is 5.32 Å². The number of ether oxygens (including phenoxy) is 2. The number of nitrogens with zero attached hydrogens (tertiary/aromatic N) is 2. The predicted octanol–water partition coefficient (Wildman–Crippen LogP) is 3.34. The number of likely N-dealkylation sites (tertiary alicyclic amines) is 1. The van der Waals surface area contributed by atoms with E-state index in [1.807, 2.05) is 38.1 Å². The highest BCUT2D eigenvalue weighted by molar-refractivity contribution is 5.93. The molecule has 0 aromatic heterocycles. The minimum atomic E-state index is -0.996. The number of benzene rings is 1. The summed E-state index contributed by atoms with van der Waals surface area (Å²) >= 11 is 0. The number of fused-ring (bicyclic) bond motifs is 1. The Hall–Kier alpha value is -3.96. The molecule has 3 amide bonds. The fourth-order valence-corrected chi connectivity index (χ4v) is 5.88. The highest BCUT2D eigenvalue weighted by Gasteiger charge is 2.45. The second kappa shape index (κ2) is 16.4. The molecule has 12 nitrogen and oxygen atoms in total. The van der Waals surface area contributed by atoms with E-state index in [0.717, 1.165) is 5.56 Å². The molecule has 1 unspecified atom stereocenters. The first-order chi connectivity index (χ1) is 21.3. The summed E-state index contributed by atoms with van der Waals surface area (Å²) in [4.78, 5) is 79.5. The van der Waals surface area contributed by atoms with Gasteiger partial charge in [0.1, 0.15) is 24.0 Å². The average Bonchev–Trinajstić information content (AvgIpc) is 3.42. The van der Waals surface area contributed by atoms with Gasteiger partial charge in [0.15, 0.2) is 0 Å². The molecule has 1 aromatic rings. The normalized spacial score (nSPS) is 19.1. The van der Waals surface area contributed by atoms with Gasteiger partial charge in [-0.2, -0.15) is 0 Å². The first-order valence-electron chi connectivity index (χ1n) is 15.8. The van der Waals surface area contributed by atoms with Crippen molar-refractivity contribution in [2.24, 2.45) is 17.8 Å². The molecule has 0 radical (unpaired) electrons. The molecular formula is C33H47N3O9. The predicted molar refractivity (Wildman–Crippen MR) is 164 cm³/mol. The van der Waals surface area contributed by atoms with Crippen LogP contribution in [0.1, 0.15) is 77.3 Å². The third-order valence-electron chi connectivity index (χ3n) is 8.59. The van der Waals surface area contributed by atoms with E-state index in [1.165, 1.54) is 17.6 Å². The van der Waals surface area contributed by atoms with E-state index in [4.69, 9.17) is 14.6 Å². The van der Waals surface area contributed by atoms with Crippen molar-refractivity contribution >= 4 is 35.6 Å². The number of hydrogen-bond donors (Lipinski definition) is 2. The van der Waals surface area contributed by atoms with Crippen molar-refractivity contribution in [3.05, 3.63) is 35.4 Å². The number of unbranched alkanes of at least 4 members (excludes halogenated alkanes) is 1. The lowest BCUT2D eigenvalue weighted by Crippen LogP contribution is -2.55. The van der Waals surface area contributed by atoms with Crippen molar-refractivity contribution in [2.45, 2.75) is 97.4 Å². The van der Waals surface area contributed by atoms with Crippen LogP contribution in [0.3, 0.4) is 0 Å². The van der Waals surface area contributed by atoms with Crippen LogP contribution >= 0.6 is 0 Å². The summed E-state index contributed by atoms with van der Waals surface area (Å²) in [7, 11) is 1.23. The van der Waals surface area contributed by atoms with Crippen LogP contribution in [0.5, 0.6) is 0 Å². The molecule has 45 heavy (non-hydrogen) atoms. The van der Waals surface area contributed by atoms with E-state index in [9.17, 15) is 28.8 Å². The van der Waals surface area contributed by atoms with Gasteiger partial charge in [-0.3, -0.25) is 19.2 Å². The summed E-state index contributed by atoms with van der Waals surface area (Å²) < 4.78 is 10.8. The van der Waals surface area contributed by atoms with Gasteiger partial charge < -0.3 is 29.7 Å². The van der Waals surface area contributed by atoms with Gasteiger partial charge in [-0.05, 0) is 42.2 Å². The number of esters is 1. The summed E-state index contributed by atoms with van der Waals surface area (Å²) in [6, 6.07) is 5.91. The number of nitrogens with one attached hydrogen (secondary N) is 1. The first kappa shape index (κ1) is 35.5. The van der Waals surface area contributed by atoms with Crippen molar-refractivity contribution < 1.29 is 43.3 Å². The highest BCUT2D eigenvalue weighted by Crippen LogP contribution is 2.27. The zero-order valence-corrected chi connectivity index (χ0v) is 27.0. The molecule has 3 rings (SSSR count). The molecule has 4 atom stereocenters. The molecular weight excluding hydrogens is 582 g/mol. The summed E-state index contributed by atoms with van der Waals surface area (Å²) in [5, 5.41) is 11.6. The Morgan fingerprint density at radius 2 is 1.64 bits per heavy atom. The molecule has 1 aromatic carbocycles. The third-order valence-corrected chi connectivity index (χ3v) is 8.59. The van der Waals surface area contributed by atoms with Crippen LogP contribution in [-0.4, -0.2) is 88.9 Å². The van der Waals surface area contributed by atoms with Crippen molar-refractivity contribution in [2.75, 3.05) is 20.2 Å². The molecule has 0 aliphatic carbocycles. The molecule has 1 fully saturated rings. The van der Waals surface area contributed by atoms with Gasteiger partial charge in [-0.15, -0.1) is 0 Å². The largest absolute Gasteiger partial charge is 0.481 e. The summed E-state index contributed by atoms with van der Waals surface area (Å²) in [6.45, 7) is 8.06. The molecule has 2 aliphatic rings. The van der Waals surface area contributed by atoms with E-state index < -0.39 is 54.0 Å². The SMILES string of the molecule is COC(=O)[C@@H]1CC(OC(=O)N2CCc3ccccc3C2)CN1C(=O)[C@@H](NC(=O)[C@@H](CC(=O)CCCCC(=O)O)C(C)C)C(C)C. The first-order valence-corrected chi connectivity index (χ1v) is 15.8. The topological polar surface area (TPSA) is 160 Å². The zero-order chi connectivity index (χ0) is 33.3. The van der Waals surface area contributed by atoms with Crippen LogP contribution in [0.25, 0.3) is 0 Å². The lowest BCUT2D eigenvalue weighted by atomic mass is 9.88. The number of carboxylic acid groups (broad SMARTS) is 1. The van der Waals surface area contributed by atoms with Crippen molar-refractivity contribution in [3.63, 3.8) is 0 Å². The molecule has 2 heterocycles. The Morgan fingerprint density at radius 3 is 2.27 bits per heavy atom. The number of carbonyl (C=O) groups is 6. The lowest BCUT2D eigenvalue weighted by molar-refractivity contribution is -0.152. The number of hydrogen-bond acceptors (Lipinski definition) is 8.